The van der Waals surface area contributed by atoms with Gasteiger partial charge in [-0.15, -0.1) is 10.2 Å². The lowest BCUT2D eigenvalue weighted by Crippen LogP contribution is -2.31. The van der Waals surface area contributed by atoms with Crippen molar-refractivity contribution in [2.75, 3.05) is 17.6 Å². The number of anilines is 1. The van der Waals surface area contributed by atoms with E-state index in [-0.39, 0.29) is 11.9 Å². The van der Waals surface area contributed by atoms with Gasteiger partial charge in [0.15, 0.2) is 4.34 Å². The molecular formula is C11H20N4OS2. The maximum Gasteiger partial charge on any atom is 0.230 e. The number of hydrogen-bond acceptors (Lipinski definition) is 6. The molecule has 0 atom stereocenters. The number of aromatic nitrogens is 2. The standard InChI is InChI=1S/C11H20N4OS2/c1-7(2)5-12-10-14-15-11(18-10)17-6-9(16)13-8(3)4/h7-8H,5-6H2,1-4H3,(H,12,14)(H,13,16). The van der Waals surface area contributed by atoms with E-state index in [9.17, 15) is 4.79 Å². The number of nitrogens with zero attached hydrogens (tertiary/aromatic N) is 2. The van der Waals surface area contributed by atoms with Crippen LogP contribution in [0.5, 0.6) is 0 Å². The fraction of sp³-hybridized carbons (Fsp3) is 0.727. The van der Waals surface area contributed by atoms with Crippen molar-refractivity contribution in [3.05, 3.63) is 0 Å². The fourth-order valence-corrected chi connectivity index (χ4v) is 2.69. The van der Waals surface area contributed by atoms with Gasteiger partial charge in [0.05, 0.1) is 5.75 Å². The maximum atomic E-state index is 11.5. The fourth-order valence-electron chi connectivity index (χ4n) is 1.12. The summed E-state index contributed by atoms with van der Waals surface area (Å²) in [7, 11) is 0. The Labute approximate surface area is 116 Å². The molecule has 5 nitrogen and oxygen atoms in total. The van der Waals surface area contributed by atoms with Crippen LogP contribution in [0.3, 0.4) is 0 Å². The second-order valence-electron chi connectivity index (χ2n) is 4.66. The van der Waals surface area contributed by atoms with Crippen LogP contribution in [0.25, 0.3) is 0 Å². The smallest absolute Gasteiger partial charge is 0.230 e. The van der Waals surface area contributed by atoms with Crippen molar-refractivity contribution in [2.45, 2.75) is 38.1 Å². The van der Waals surface area contributed by atoms with Crippen LogP contribution in [0, 0.1) is 5.92 Å². The van der Waals surface area contributed by atoms with Crippen molar-refractivity contribution in [3.63, 3.8) is 0 Å². The quantitative estimate of drug-likeness (QED) is 0.753. The van der Waals surface area contributed by atoms with Gasteiger partial charge < -0.3 is 10.6 Å². The van der Waals surface area contributed by atoms with Crippen molar-refractivity contribution < 1.29 is 4.79 Å². The monoisotopic (exact) mass is 288 g/mol. The van der Waals surface area contributed by atoms with Crippen LogP contribution >= 0.6 is 23.1 Å². The lowest BCUT2D eigenvalue weighted by Gasteiger charge is -2.06. The lowest BCUT2D eigenvalue weighted by atomic mass is 10.2. The molecule has 0 saturated heterocycles. The molecule has 0 radical (unpaired) electrons. The average molecular weight is 288 g/mol. The van der Waals surface area contributed by atoms with E-state index in [0.717, 1.165) is 16.0 Å². The molecule has 102 valence electrons. The highest BCUT2D eigenvalue weighted by Crippen LogP contribution is 2.25. The zero-order valence-electron chi connectivity index (χ0n) is 11.2. The normalized spacial score (nSPS) is 11.0. The largest absolute Gasteiger partial charge is 0.360 e. The van der Waals surface area contributed by atoms with E-state index in [1.807, 2.05) is 13.8 Å². The van der Waals surface area contributed by atoms with E-state index >= 15 is 0 Å². The molecule has 1 heterocycles. The van der Waals surface area contributed by atoms with Gasteiger partial charge in [-0.3, -0.25) is 4.79 Å². The molecule has 2 N–H and O–H groups in total. The minimum atomic E-state index is 0.0295. The molecular weight excluding hydrogens is 268 g/mol. The van der Waals surface area contributed by atoms with E-state index in [1.165, 1.54) is 23.1 Å². The number of rotatable bonds is 7. The molecule has 1 aromatic rings. The first kappa shape index (κ1) is 15.2. The first-order chi connectivity index (χ1) is 8.47. The highest BCUT2D eigenvalue weighted by atomic mass is 32.2. The number of thioether (sulfide) groups is 1. The van der Waals surface area contributed by atoms with E-state index in [0.29, 0.717) is 11.7 Å². The van der Waals surface area contributed by atoms with Crippen LogP contribution in [-0.2, 0) is 4.79 Å². The minimum Gasteiger partial charge on any atom is -0.360 e. The Hall–Kier alpha value is -0.820. The third-order valence-electron chi connectivity index (χ3n) is 1.84. The van der Waals surface area contributed by atoms with Gasteiger partial charge in [-0.05, 0) is 19.8 Å². The molecule has 0 aliphatic rings. The molecule has 18 heavy (non-hydrogen) atoms. The van der Waals surface area contributed by atoms with Gasteiger partial charge in [0.1, 0.15) is 0 Å². The zero-order chi connectivity index (χ0) is 13.5. The van der Waals surface area contributed by atoms with Crippen molar-refractivity contribution in [1.29, 1.82) is 0 Å². The molecule has 7 heteroatoms. The van der Waals surface area contributed by atoms with Crippen LogP contribution in [0.1, 0.15) is 27.7 Å². The number of hydrogen-bond donors (Lipinski definition) is 2. The topological polar surface area (TPSA) is 66.9 Å². The summed E-state index contributed by atoms with van der Waals surface area (Å²) in [4.78, 5) is 11.5. The van der Waals surface area contributed by atoms with Gasteiger partial charge >= 0.3 is 0 Å². The maximum absolute atomic E-state index is 11.5. The van der Waals surface area contributed by atoms with E-state index in [4.69, 9.17) is 0 Å². The van der Waals surface area contributed by atoms with Crippen molar-refractivity contribution in [3.8, 4) is 0 Å². The van der Waals surface area contributed by atoms with Gasteiger partial charge in [-0.2, -0.15) is 0 Å². The Balaban J connectivity index is 2.33. The lowest BCUT2D eigenvalue weighted by molar-refractivity contribution is -0.119. The molecule has 0 bridgehead atoms. The van der Waals surface area contributed by atoms with Crippen LogP contribution < -0.4 is 10.6 Å². The molecule has 0 spiro atoms. The number of nitrogens with one attached hydrogen (secondary N) is 2. The SMILES string of the molecule is CC(C)CNc1nnc(SCC(=O)NC(C)C)s1. The molecule has 0 unspecified atom stereocenters. The molecule has 0 aromatic carbocycles. The Morgan fingerprint density at radius 2 is 2.06 bits per heavy atom. The Morgan fingerprint density at radius 1 is 1.33 bits per heavy atom. The second kappa shape index (κ2) is 7.58. The van der Waals surface area contributed by atoms with Gasteiger partial charge in [-0.25, -0.2) is 0 Å². The molecule has 0 aliphatic heterocycles. The van der Waals surface area contributed by atoms with Crippen molar-refractivity contribution in [1.82, 2.24) is 15.5 Å². The van der Waals surface area contributed by atoms with Crippen LogP contribution in [-0.4, -0.2) is 34.4 Å². The summed E-state index contributed by atoms with van der Waals surface area (Å²) in [6, 6.07) is 0.177. The summed E-state index contributed by atoms with van der Waals surface area (Å²) < 4.78 is 0.820. The van der Waals surface area contributed by atoms with Crippen LogP contribution in [0.2, 0.25) is 0 Å². The summed E-state index contributed by atoms with van der Waals surface area (Å²) in [5.41, 5.74) is 0. The van der Waals surface area contributed by atoms with Crippen molar-refractivity contribution >= 4 is 34.1 Å². The molecule has 1 rings (SSSR count). The van der Waals surface area contributed by atoms with E-state index in [2.05, 4.69) is 34.7 Å². The summed E-state index contributed by atoms with van der Waals surface area (Å²) in [5, 5.41) is 14.9. The molecule has 0 aliphatic carbocycles. The third kappa shape index (κ3) is 6.20. The molecule has 1 amide bonds. The summed E-state index contributed by atoms with van der Waals surface area (Å²) in [5.74, 6) is 0.987. The van der Waals surface area contributed by atoms with E-state index in [1.54, 1.807) is 0 Å². The summed E-state index contributed by atoms with van der Waals surface area (Å²) in [6.45, 7) is 9.05. The minimum absolute atomic E-state index is 0.0295. The summed E-state index contributed by atoms with van der Waals surface area (Å²) in [6.07, 6.45) is 0. The van der Waals surface area contributed by atoms with Crippen LogP contribution in [0.15, 0.2) is 4.34 Å². The average Bonchev–Trinajstić information content (AvgIpc) is 2.70. The van der Waals surface area contributed by atoms with Gasteiger partial charge in [0, 0.05) is 12.6 Å². The zero-order valence-corrected chi connectivity index (χ0v) is 12.8. The molecule has 0 fully saturated rings. The van der Waals surface area contributed by atoms with E-state index < -0.39 is 0 Å². The highest BCUT2D eigenvalue weighted by molar-refractivity contribution is 8.01. The summed E-state index contributed by atoms with van der Waals surface area (Å²) >= 11 is 2.90. The third-order valence-corrected chi connectivity index (χ3v) is 3.86. The Morgan fingerprint density at radius 3 is 2.67 bits per heavy atom. The number of carbonyl (C=O) groups is 1. The molecule has 0 saturated carbocycles. The second-order valence-corrected chi connectivity index (χ2v) is 6.86. The molecule has 1 aromatic heterocycles. The number of amides is 1. The Bertz CT molecular complexity index is 379. The Kier molecular flexibility index (Phi) is 6.42. The first-order valence-corrected chi connectivity index (χ1v) is 7.77. The van der Waals surface area contributed by atoms with Crippen LogP contribution in [0.4, 0.5) is 5.13 Å². The highest BCUT2D eigenvalue weighted by Gasteiger charge is 2.08. The van der Waals surface area contributed by atoms with Gasteiger partial charge in [0.25, 0.3) is 0 Å². The first-order valence-electron chi connectivity index (χ1n) is 5.97. The van der Waals surface area contributed by atoms with Crippen molar-refractivity contribution in [2.24, 2.45) is 5.92 Å². The number of carbonyl (C=O) groups excluding carboxylic acids is 1. The predicted octanol–water partition coefficient (Wildman–Crippen LogP) is 2.22. The predicted molar refractivity (Wildman–Crippen MR) is 77.2 cm³/mol. The van der Waals surface area contributed by atoms with Gasteiger partial charge in [0.2, 0.25) is 11.0 Å². The van der Waals surface area contributed by atoms with Gasteiger partial charge in [-0.1, -0.05) is 36.9 Å².